The number of carbonyl (C=O) groups is 1. The first-order valence-corrected chi connectivity index (χ1v) is 5.92. The number of nitrogens with one attached hydrogen (secondary N) is 1. The molecule has 0 heterocycles. The van der Waals surface area contributed by atoms with Crippen molar-refractivity contribution in [2.75, 3.05) is 0 Å². The van der Waals surface area contributed by atoms with E-state index in [1.54, 1.807) is 19.9 Å². The SMILES string of the molecule is CC(N)CC(=O)NC(C)c1cccc(C(F)(F)F)c1.Cl. The Kier molecular flexibility index (Phi) is 7.02. The van der Waals surface area contributed by atoms with Gasteiger partial charge < -0.3 is 11.1 Å². The van der Waals surface area contributed by atoms with Crippen LogP contribution in [0.25, 0.3) is 0 Å². The van der Waals surface area contributed by atoms with Crippen molar-refractivity contribution in [1.29, 1.82) is 0 Å². The van der Waals surface area contributed by atoms with Crippen LogP contribution in [-0.2, 0) is 11.0 Å². The second kappa shape index (κ2) is 7.50. The summed E-state index contributed by atoms with van der Waals surface area (Å²) in [6.45, 7) is 3.32. The molecule has 1 aromatic carbocycles. The highest BCUT2D eigenvalue weighted by Crippen LogP contribution is 2.30. The van der Waals surface area contributed by atoms with Gasteiger partial charge in [-0.05, 0) is 31.5 Å². The molecule has 0 fully saturated rings. The van der Waals surface area contributed by atoms with E-state index < -0.39 is 17.8 Å². The van der Waals surface area contributed by atoms with Crippen molar-refractivity contribution in [3.63, 3.8) is 0 Å². The van der Waals surface area contributed by atoms with Crippen molar-refractivity contribution in [3.05, 3.63) is 35.4 Å². The maximum absolute atomic E-state index is 12.6. The number of halogens is 4. The lowest BCUT2D eigenvalue weighted by molar-refractivity contribution is -0.137. The monoisotopic (exact) mass is 310 g/mol. The fourth-order valence-electron chi connectivity index (χ4n) is 1.66. The van der Waals surface area contributed by atoms with Gasteiger partial charge in [-0.3, -0.25) is 4.79 Å². The lowest BCUT2D eigenvalue weighted by Crippen LogP contribution is -2.31. The predicted octanol–water partition coefficient (Wildman–Crippen LogP) is 3.04. The fourth-order valence-corrected chi connectivity index (χ4v) is 1.66. The summed E-state index contributed by atoms with van der Waals surface area (Å²) in [6, 6.07) is 4.14. The standard InChI is InChI=1S/C13H17F3N2O.ClH/c1-8(17)6-12(19)18-9(2)10-4-3-5-11(7-10)13(14,15)16;/h3-5,7-9H,6,17H2,1-2H3,(H,18,19);1H. The Morgan fingerprint density at radius 3 is 2.45 bits per heavy atom. The number of hydrogen-bond acceptors (Lipinski definition) is 2. The summed E-state index contributed by atoms with van der Waals surface area (Å²) < 4.78 is 37.7. The summed E-state index contributed by atoms with van der Waals surface area (Å²) in [5.41, 5.74) is 5.17. The highest BCUT2D eigenvalue weighted by Gasteiger charge is 2.30. The quantitative estimate of drug-likeness (QED) is 0.898. The minimum Gasteiger partial charge on any atom is -0.350 e. The van der Waals surface area contributed by atoms with Gasteiger partial charge in [-0.2, -0.15) is 13.2 Å². The van der Waals surface area contributed by atoms with E-state index in [-0.39, 0.29) is 30.8 Å². The first kappa shape index (κ1) is 18.7. The molecule has 3 nitrogen and oxygen atoms in total. The van der Waals surface area contributed by atoms with Gasteiger partial charge in [-0.1, -0.05) is 12.1 Å². The van der Waals surface area contributed by atoms with E-state index in [4.69, 9.17) is 5.73 Å². The van der Waals surface area contributed by atoms with Crippen molar-refractivity contribution in [1.82, 2.24) is 5.32 Å². The Labute approximate surface area is 122 Å². The summed E-state index contributed by atoms with van der Waals surface area (Å²) in [5, 5.41) is 2.62. The Hall–Kier alpha value is -1.27. The fraction of sp³-hybridized carbons (Fsp3) is 0.462. The van der Waals surface area contributed by atoms with Crippen LogP contribution in [0.1, 0.15) is 37.4 Å². The lowest BCUT2D eigenvalue weighted by Gasteiger charge is -2.17. The summed E-state index contributed by atoms with van der Waals surface area (Å²) in [6.07, 6.45) is -4.24. The topological polar surface area (TPSA) is 55.1 Å². The van der Waals surface area contributed by atoms with Gasteiger partial charge in [0.2, 0.25) is 5.91 Å². The molecule has 1 aromatic rings. The molecule has 0 bridgehead atoms. The van der Waals surface area contributed by atoms with Crippen molar-refractivity contribution < 1.29 is 18.0 Å². The van der Waals surface area contributed by atoms with Crippen LogP contribution in [-0.4, -0.2) is 11.9 Å². The van der Waals surface area contributed by atoms with Gasteiger partial charge >= 0.3 is 6.18 Å². The third-order valence-corrected chi connectivity index (χ3v) is 2.60. The second-order valence-electron chi connectivity index (χ2n) is 4.59. The van der Waals surface area contributed by atoms with Crippen molar-refractivity contribution in [2.45, 2.75) is 38.5 Å². The van der Waals surface area contributed by atoms with Gasteiger partial charge in [0, 0.05) is 12.5 Å². The molecule has 114 valence electrons. The average molecular weight is 311 g/mol. The van der Waals surface area contributed by atoms with E-state index in [0.717, 1.165) is 12.1 Å². The third kappa shape index (κ3) is 5.79. The van der Waals surface area contributed by atoms with E-state index in [2.05, 4.69) is 5.32 Å². The van der Waals surface area contributed by atoms with Crippen LogP contribution in [0.2, 0.25) is 0 Å². The number of alkyl halides is 3. The molecule has 0 aliphatic rings. The number of nitrogens with two attached hydrogens (primary N) is 1. The van der Waals surface area contributed by atoms with E-state index >= 15 is 0 Å². The lowest BCUT2D eigenvalue weighted by atomic mass is 10.0. The summed E-state index contributed by atoms with van der Waals surface area (Å²) >= 11 is 0. The first-order valence-electron chi connectivity index (χ1n) is 5.92. The molecule has 1 amide bonds. The second-order valence-corrected chi connectivity index (χ2v) is 4.59. The van der Waals surface area contributed by atoms with Gasteiger partial charge in [0.1, 0.15) is 0 Å². The summed E-state index contributed by atoms with van der Waals surface area (Å²) in [7, 11) is 0. The highest BCUT2D eigenvalue weighted by molar-refractivity contribution is 5.85. The molecule has 20 heavy (non-hydrogen) atoms. The Balaban J connectivity index is 0.00000361. The van der Waals surface area contributed by atoms with E-state index in [9.17, 15) is 18.0 Å². The molecule has 0 aromatic heterocycles. The zero-order valence-electron chi connectivity index (χ0n) is 11.2. The molecule has 0 spiro atoms. The third-order valence-electron chi connectivity index (χ3n) is 2.60. The Morgan fingerprint density at radius 2 is 1.95 bits per heavy atom. The van der Waals surface area contributed by atoms with Gasteiger partial charge in [-0.15, -0.1) is 12.4 Å². The minimum atomic E-state index is -4.38. The average Bonchev–Trinajstić information content (AvgIpc) is 2.26. The molecule has 2 unspecified atom stereocenters. The number of benzene rings is 1. The number of carbonyl (C=O) groups excluding carboxylic acids is 1. The molecule has 0 radical (unpaired) electrons. The van der Waals surface area contributed by atoms with Crippen LogP contribution in [0.3, 0.4) is 0 Å². The highest BCUT2D eigenvalue weighted by atomic mass is 35.5. The molecule has 0 aliphatic carbocycles. The zero-order chi connectivity index (χ0) is 14.6. The molecule has 1 rings (SSSR count). The Morgan fingerprint density at radius 1 is 1.35 bits per heavy atom. The number of hydrogen-bond donors (Lipinski definition) is 2. The summed E-state index contributed by atoms with van der Waals surface area (Å²) in [5.74, 6) is -0.278. The van der Waals surface area contributed by atoms with E-state index in [0.29, 0.717) is 5.56 Å². The van der Waals surface area contributed by atoms with Crippen molar-refractivity contribution in [2.24, 2.45) is 5.73 Å². The van der Waals surface area contributed by atoms with Crippen molar-refractivity contribution >= 4 is 18.3 Å². The van der Waals surface area contributed by atoms with Crippen LogP contribution in [0, 0.1) is 0 Å². The minimum absolute atomic E-state index is 0. The van der Waals surface area contributed by atoms with Gasteiger partial charge in [0.05, 0.1) is 11.6 Å². The molecule has 0 saturated heterocycles. The molecule has 7 heteroatoms. The van der Waals surface area contributed by atoms with Gasteiger partial charge in [-0.25, -0.2) is 0 Å². The zero-order valence-corrected chi connectivity index (χ0v) is 12.0. The molecule has 0 aliphatic heterocycles. The van der Waals surface area contributed by atoms with Gasteiger partial charge in [0.15, 0.2) is 0 Å². The molecule has 2 atom stereocenters. The smallest absolute Gasteiger partial charge is 0.350 e. The maximum Gasteiger partial charge on any atom is 0.416 e. The van der Waals surface area contributed by atoms with E-state index in [1.807, 2.05) is 0 Å². The van der Waals surface area contributed by atoms with Gasteiger partial charge in [0.25, 0.3) is 0 Å². The molecular formula is C13H18ClF3N2O. The van der Waals surface area contributed by atoms with Crippen LogP contribution in [0.5, 0.6) is 0 Å². The molecular weight excluding hydrogens is 293 g/mol. The molecule has 3 N–H and O–H groups in total. The van der Waals surface area contributed by atoms with Crippen LogP contribution in [0.15, 0.2) is 24.3 Å². The predicted molar refractivity (Wildman–Crippen MR) is 73.5 cm³/mol. The van der Waals surface area contributed by atoms with Crippen molar-refractivity contribution in [3.8, 4) is 0 Å². The van der Waals surface area contributed by atoms with E-state index in [1.165, 1.54) is 6.07 Å². The van der Waals surface area contributed by atoms with Crippen LogP contribution in [0.4, 0.5) is 13.2 Å². The largest absolute Gasteiger partial charge is 0.416 e. The maximum atomic E-state index is 12.6. The Bertz CT molecular complexity index is 449. The first-order chi connectivity index (χ1) is 8.70. The van der Waals surface area contributed by atoms with Crippen LogP contribution >= 0.6 is 12.4 Å². The number of amides is 1. The normalized spacial score (nSPS) is 14.1. The number of rotatable bonds is 4. The molecule has 0 saturated carbocycles. The van der Waals surface area contributed by atoms with Crippen LogP contribution < -0.4 is 11.1 Å². The summed E-state index contributed by atoms with van der Waals surface area (Å²) in [4.78, 5) is 11.5.